The standard InChI is InChI=1S/C20H27F3N6O.HI/c1-15(20(21,22)23)27-10-12-28(13-11-27)19(24-2)25-14-16-8-9-29(26-16)17-4-6-18(30-3)7-5-17;/h4-9,15H,10-14H2,1-3H3,(H,24,25);1H. The van der Waals surface area contributed by atoms with Crippen LogP contribution in [0.3, 0.4) is 0 Å². The lowest BCUT2D eigenvalue weighted by atomic mass is 10.2. The molecule has 11 heteroatoms. The first kappa shape index (κ1) is 25.2. The number of guanidine groups is 1. The lowest BCUT2D eigenvalue weighted by Crippen LogP contribution is -2.56. The number of aliphatic imine (C=N–C) groups is 1. The number of aromatic nitrogens is 2. The van der Waals surface area contributed by atoms with Gasteiger partial charge in [-0.2, -0.15) is 18.3 Å². The monoisotopic (exact) mass is 552 g/mol. The van der Waals surface area contributed by atoms with Crippen LogP contribution in [0.25, 0.3) is 5.69 Å². The molecular formula is C20H28F3IN6O. The van der Waals surface area contributed by atoms with Crippen molar-refractivity contribution in [2.45, 2.75) is 25.7 Å². The fraction of sp³-hybridized carbons (Fsp3) is 0.500. The molecule has 172 valence electrons. The number of nitrogens with one attached hydrogen (secondary N) is 1. The van der Waals surface area contributed by atoms with Gasteiger partial charge in [0.05, 0.1) is 25.0 Å². The summed E-state index contributed by atoms with van der Waals surface area (Å²) in [6.07, 6.45) is -2.33. The highest BCUT2D eigenvalue weighted by atomic mass is 127. The predicted octanol–water partition coefficient (Wildman–Crippen LogP) is 3.14. The second-order valence-electron chi connectivity index (χ2n) is 7.09. The van der Waals surface area contributed by atoms with Gasteiger partial charge >= 0.3 is 6.18 Å². The van der Waals surface area contributed by atoms with Crippen LogP contribution in [0, 0.1) is 0 Å². The van der Waals surface area contributed by atoms with Crippen LogP contribution in [-0.4, -0.2) is 78.1 Å². The minimum Gasteiger partial charge on any atom is -0.497 e. The van der Waals surface area contributed by atoms with E-state index in [-0.39, 0.29) is 24.0 Å². The predicted molar refractivity (Wildman–Crippen MR) is 124 cm³/mol. The molecule has 7 nitrogen and oxygen atoms in total. The van der Waals surface area contributed by atoms with E-state index in [1.165, 1.54) is 11.8 Å². The van der Waals surface area contributed by atoms with Gasteiger partial charge in [0.2, 0.25) is 0 Å². The van der Waals surface area contributed by atoms with Gasteiger partial charge in [0, 0.05) is 39.4 Å². The number of nitrogens with zero attached hydrogens (tertiary/aromatic N) is 5. The Morgan fingerprint density at radius 3 is 2.35 bits per heavy atom. The summed E-state index contributed by atoms with van der Waals surface area (Å²) in [6, 6.07) is 8.06. The summed E-state index contributed by atoms with van der Waals surface area (Å²) in [5.74, 6) is 1.44. The highest BCUT2D eigenvalue weighted by Crippen LogP contribution is 2.25. The topological polar surface area (TPSA) is 57.9 Å². The minimum atomic E-state index is -4.20. The molecule has 0 amide bonds. The lowest BCUT2D eigenvalue weighted by Gasteiger charge is -2.39. The van der Waals surface area contributed by atoms with Crippen LogP contribution in [0.15, 0.2) is 41.5 Å². The minimum absolute atomic E-state index is 0. The van der Waals surface area contributed by atoms with Crippen LogP contribution < -0.4 is 10.1 Å². The second-order valence-corrected chi connectivity index (χ2v) is 7.09. The van der Waals surface area contributed by atoms with Crippen molar-refractivity contribution in [1.82, 2.24) is 24.9 Å². The van der Waals surface area contributed by atoms with Crippen LogP contribution in [0.1, 0.15) is 12.6 Å². The number of hydrogen-bond donors (Lipinski definition) is 1. The van der Waals surface area contributed by atoms with E-state index >= 15 is 0 Å². The van der Waals surface area contributed by atoms with Gasteiger partial charge in [0.1, 0.15) is 11.8 Å². The van der Waals surface area contributed by atoms with Gasteiger partial charge in [0.15, 0.2) is 5.96 Å². The molecule has 1 saturated heterocycles. The first-order valence-corrected chi connectivity index (χ1v) is 9.77. The van der Waals surface area contributed by atoms with Gasteiger partial charge in [-0.05, 0) is 37.3 Å². The average molecular weight is 552 g/mol. The molecule has 1 aromatic carbocycles. The summed E-state index contributed by atoms with van der Waals surface area (Å²) in [5.41, 5.74) is 1.75. The molecule has 0 bridgehead atoms. The van der Waals surface area contributed by atoms with Crippen molar-refractivity contribution in [3.63, 3.8) is 0 Å². The van der Waals surface area contributed by atoms with Crippen molar-refractivity contribution >= 4 is 29.9 Å². The van der Waals surface area contributed by atoms with E-state index in [4.69, 9.17) is 4.74 Å². The molecule has 1 fully saturated rings. The van der Waals surface area contributed by atoms with Crippen molar-refractivity contribution in [3.8, 4) is 11.4 Å². The highest BCUT2D eigenvalue weighted by Gasteiger charge is 2.41. The van der Waals surface area contributed by atoms with Crippen molar-refractivity contribution < 1.29 is 17.9 Å². The van der Waals surface area contributed by atoms with E-state index < -0.39 is 12.2 Å². The molecule has 1 unspecified atom stereocenters. The Kier molecular flexibility index (Phi) is 8.98. The molecule has 1 N–H and O–H groups in total. The van der Waals surface area contributed by atoms with Crippen LogP contribution in [0.4, 0.5) is 13.2 Å². The Hall–Kier alpha value is -2.02. The van der Waals surface area contributed by atoms with Crippen molar-refractivity contribution in [2.75, 3.05) is 40.3 Å². The third kappa shape index (κ3) is 6.48. The quantitative estimate of drug-likeness (QED) is 0.351. The maximum atomic E-state index is 12.9. The van der Waals surface area contributed by atoms with Gasteiger partial charge in [-0.25, -0.2) is 4.68 Å². The third-order valence-electron chi connectivity index (χ3n) is 5.26. The zero-order chi connectivity index (χ0) is 21.7. The molecule has 1 aliphatic heterocycles. The van der Waals surface area contributed by atoms with Gasteiger partial charge in [-0.3, -0.25) is 9.89 Å². The molecule has 1 aliphatic rings. The summed E-state index contributed by atoms with van der Waals surface area (Å²) < 4.78 is 45.7. The molecular weight excluding hydrogens is 524 g/mol. The fourth-order valence-corrected chi connectivity index (χ4v) is 3.36. The second kappa shape index (κ2) is 11.0. The Balaban J connectivity index is 0.00000341. The summed E-state index contributed by atoms with van der Waals surface area (Å²) >= 11 is 0. The first-order valence-electron chi connectivity index (χ1n) is 9.77. The Bertz CT molecular complexity index is 847. The summed E-state index contributed by atoms with van der Waals surface area (Å²) in [6.45, 7) is 3.33. The molecule has 0 radical (unpaired) electrons. The fourth-order valence-electron chi connectivity index (χ4n) is 3.36. The molecule has 31 heavy (non-hydrogen) atoms. The Morgan fingerprint density at radius 2 is 1.81 bits per heavy atom. The van der Waals surface area contributed by atoms with Crippen LogP contribution in [0.2, 0.25) is 0 Å². The smallest absolute Gasteiger partial charge is 0.403 e. The number of hydrogen-bond acceptors (Lipinski definition) is 4. The van der Waals surface area contributed by atoms with Crippen molar-refractivity contribution in [2.24, 2.45) is 4.99 Å². The Labute approximate surface area is 197 Å². The number of rotatable bonds is 5. The molecule has 0 aliphatic carbocycles. The summed E-state index contributed by atoms with van der Waals surface area (Å²) in [5, 5.41) is 7.81. The number of methoxy groups -OCH3 is 1. The summed E-state index contributed by atoms with van der Waals surface area (Å²) in [7, 11) is 3.29. The van der Waals surface area contributed by atoms with Crippen LogP contribution in [0.5, 0.6) is 5.75 Å². The molecule has 3 rings (SSSR count). The van der Waals surface area contributed by atoms with E-state index in [1.54, 1.807) is 18.8 Å². The molecule has 2 aromatic rings. The van der Waals surface area contributed by atoms with Gasteiger partial charge in [-0.15, -0.1) is 24.0 Å². The average Bonchev–Trinajstić information content (AvgIpc) is 3.22. The SMILES string of the molecule is CN=C(NCc1ccn(-c2ccc(OC)cc2)n1)N1CCN(C(C)C(F)(F)F)CC1.I. The first-order chi connectivity index (χ1) is 14.3. The number of ether oxygens (including phenoxy) is 1. The van der Waals surface area contributed by atoms with Crippen LogP contribution >= 0.6 is 24.0 Å². The number of benzene rings is 1. The van der Waals surface area contributed by atoms with Crippen LogP contribution in [-0.2, 0) is 6.54 Å². The van der Waals surface area contributed by atoms with E-state index in [9.17, 15) is 13.2 Å². The summed E-state index contributed by atoms with van der Waals surface area (Å²) in [4.78, 5) is 7.70. The molecule has 2 heterocycles. The number of halogens is 4. The number of alkyl halides is 3. The maximum absolute atomic E-state index is 12.9. The molecule has 0 spiro atoms. The van der Waals surface area contributed by atoms with E-state index in [0.717, 1.165) is 17.1 Å². The zero-order valence-electron chi connectivity index (χ0n) is 17.8. The van der Waals surface area contributed by atoms with Crippen molar-refractivity contribution in [1.29, 1.82) is 0 Å². The normalized spacial score (nSPS) is 16.6. The third-order valence-corrected chi connectivity index (χ3v) is 5.26. The molecule has 0 saturated carbocycles. The van der Waals surface area contributed by atoms with Gasteiger partial charge in [-0.1, -0.05) is 0 Å². The van der Waals surface area contributed by atoms with E-state index in [2.05, 4.69) is 15.4 Å². The maximum Gasteiger partial charge on any atom is 0.403 e. The lowest BCUT2D eigenvalue weighted by molar-refractivity contribution is -0.181. The molecule has 1 aromatic heterocycles. The van der Waals surface area contributed by atoms with Gasteiger partial charge in [0.25, 0.3) is 0 Å². The largest absolute Gasteiger partial charge is 0.497 e. The van der Waals surface area contributed by atoms with E-state index in [1.807, 2.05) is 41.4 Å². The number of piperazine rings is 1. The van der Waals surface area contributed by atoms with Gasteiger partial charge < -0.3 is 15.0 Å². The zero-order valence-corrected chi connectivity index (χ0v) is 20.1. The van der Waals surface area contributed by atoms with E-state index in [0.29, 0.717) is 38.7 Å². The highest BCUT2D eigenvalue weighted by molar-refractivity contribution is 14.0. The molecule has 1 atom stereocenters. The Morgan fingerprint density at radius 1 is 1.16 bits per heavy atom. The van der Waals surface area contributed by atoms with Crippen molar-refractivity contribution in [3.05, 3.63) is 42.2 Å².